The quantitative estimate of drug-likeness (QED) is 0.587. The minimum absolute atomic E-state index is 0.108. The van der Waals surface area contributed by atoms with Crippen LogP contribution in [0.25, 0.3) is 6.08 Å². The van der Waals surface area contributed by atoms with E-state index in [2.05, 4.69) is 10.6 Å². The van der Waals surface area contributed by atoms with Crippen LogP contribution >= 0.6 is 11.6 Å². The maximum Gasteiger partial charge on any atom is 0.245 e. The van der Waals surface area contributed by atoms with E-state index in [9.17, 15) is 9.59 Å². The maximum atomic E-state index is 12.6. The third-order valence-electron chi connectivity index (χ3n) is 4.97. The van der Waals surface area contributed by atoms with Crippen LogP contribution in [0.4, 0.5) is 0 Å². The van der Waals surface area contributed by atoms with E-state index in [0.717, 1.165) is 25.7 Å². The lowest BCUT2D eigenvalue weighted by Crippen LogP contribution is -2.59. The number of hydrogen-bond acceptors (Lipinski definition) is 4. The average Bonchev–Trinajstić information content (AvgIpc) is 2.72. The summed E-state index contributed by atoms with van der Waals surface area (Å²) in [5, 5.41) is 6.22. The molecule has 2 amide bonds. The predicted octanol–water partition coefficient (Wildman–Crippen LogP) is 4.11. The Bertz CT molecular complexity index is 743. The van der Waals surface area contributed by atoms with Crippen LogP contribution in [0.2, 0.25) is 5.02 Å². The van der Waals surface area contributed by atoms with Gasteiger partial charge in [-0.3, -0.25) is 9.59 Å². The molecule has 0 heterocycles. The predicted molar refractivity (Wildman–Crippen MR) is 115 cm³/mol. The summed E-state index contributed by atoms with van der Waals surface area (Å²) in [6.45, 7) is 4.96. The first kappa shape index (κ1) is 23.1. The molecule has 160 valence electrons. The van der Waals surface area contributed by atoms with E-state index in [-0.39, 0.29) is 11.8 Å². The number of amides is 2. The van der Waals surface area contributed by atoms with Crippen molar-refractivity contribution >= 4 is 29.5 Å². The zero-order valence-electron chi connectivity index (χ0n) is 17.5. The lowest BCUT2D eigenvalue weighted by atomic mass is 9.80. The summed E-state index contributed by atoms with van der Waals surface area (Å²) in [6, 6.07) is 3.49. The van der Waals surface area contributed by atoms with E-state index < -0.39 is 5.54 Å². The highest BCUT2D eigenvalue weighted by Crippen LogP contribution is 2.37. The molecule has 0 aliphatic heterocycles. The van der Waals surface area contributed by atoms with Crippen molar-refractivity contribution in [2.75, 3.05) is 20.3 Å². The Balaban J connectivity index is 2.14. The number of carbonyl (C=O) groups excluding carboxylic acids is 2. The molecule has 1 fully saturated rings. The van der Waals surface area contributed by atoms with Crippen LogP contribution in [0.3, 0.4) is 0 Å². The highest BCUT2D eigenvalue weighted by Gasteiger charge is 2.40. The summed E-state index contributed by atoms with van der Waals surface area (Å²) in [5.41, 5.74) is -0.121. The van der Waals surface area contributed by atoms with Crippen molar-refractivity contribution in [1.82, 2.24) is 10.6 Å². The fraction of sp³-hybridized carbons (Fsp3) is 0.545. The number of likely N-dealkylation sites (N-methyl/N-ethyl adjacent to an activating group) is 1. The molecule has 1 aliphatic rings. The zero-order valence-corrected chi connectivity index (χ0v) is 18.2. The molecular formula is C22H31ClN2O4. The molecule has 1 aromatic rings. The van der Waals surface area contributed by atoms with Gasteiger partial charge in [-0.05, 0) is 50.0 Å². The van der Waals surface area contributed by atoms with Gasteiger partial charge in [-0.15, -0.1) is 0 Å². The highest BCUT2D eigenvalue weighted by molar-refractivity contribution is 6.32. The van der Waals surface area contributed by atoms with Gasteiger partial charge in [0.05, 0.1) is 18.7 Å². The minimum Gasteiger partial charge on any atom is -0.493 e. The van der Waals surface area contributed by atoms with Gasteiger partial charge in [-0.1, -0.05) is 37.8 Å². The number of benzene rings is 1. The standard InChI is InChI=1S/C22H31ClN2O4/c1-4-13-29-20-17(23)14-16(15-18(20)28-3)9-10-19(26)25-22(21(27)24-5-2)11-7-6-8-12-22/h9-10,14-15H,4-8,11-13H2,1-3H3,(H,24,27)(H,25,26). The first-order valence-electron chi connectivity index (χ1n) is 10.2. The van der Waals surface area contributed by atoms with Crippen molar-refractivity contribution in [3.63, 3.8) is 0 Å². The van der Waals surface area contributed by atoms with Gasteiger partial charge >= 0.3 is 0 Å². The second kappa shape index (κ2) is 11.1. The van der Waals surface area contributed by atoms with Gasteiger partial charge in [0.1, 0.15) is 5.54 Å². The lowest BCUT2D eigenvalue weighted by Gasteiger charge is -2.36. The summed E-state index contributed by atoms with van der Waals surface area (Å²) >= 11 is 6.33. The molecule has 0 aromatic heterocycles. The van der Waals surface area contributed by atoms with Crippen molar-refractivity contribution in [3.8, 4) is 11.5 Å². The van der Waals surface area contributed by atoms with Gasteiger partial charge in [0.2, 0.25) is 11.8 Å². The van der Waals surface area contributed by atoms with E-state index in [1.165, 1.54) is 6.08 Å². The Morgan fingerprint density at radius 2 is 1.93 bits per heavy atom. The minimum atomic E-state index is -0.830. The van der Waals surface area contributed by atoms with Crippen LogP contribution in [0, 0.1) is 0 Å². The Labute approximate surface area is 178 Å². The number of rotatable bonds is 9. The summed E-state index contributed by atoms with van der Waals surface area (Å²) in [7, 11) is 1.55. The molecular weight excluding hydrogens is 392 g/mol. The molecule has 2 N–H and O–H groups in total. The lowest BCUT2D eigenvalue weighted by molar-refractivity contribution is -0.133. The average molecular weight is 423 g/mol. The van der Waals surface area contributed by atoms with Crippen LogP contribution in [0.5, 0.6) is 11.5 Å². The third-order valence-corrected chi connectivity index (χ3v) is 5.25. The molecule has 0 saturated heterocycles. The maximum absolute atomic E-state index is 12.6. The van der Waals surface area contributed by atoms with Crippen LogP contribution < -0.4 is 20.1 Å². The van der Waals surface area contributed by atoms with Gasteiger partial charge < -0.3 is 20.1 Å². The smallest absolute Gasteiger partial charge is 0.245 e. The molecule has 7 heteroatoms. The van der Waals surface area contributed by atoms with Crippen molar-refractivity contribution in [2.45, 2.75) is 57.9 Å². The molecule has 29 heavy (non-hydrogen) atoms. The van der Waals surface area contributed by atoms with Crippen molar-refractivity contribution in [3.05, 3.63) is 28.8 Å². The molecule has 0 spiro atoms. The molecule has 1 aliphatic carbocycles. The number of halogens is 1. The topological polar surface area (TPSA) is 76.7 Å². The van der Waals surface area contributed by atoms with Gasteiger partial charge in [0.15, 0.2) is 11.5 Å². The van der Waals surface area contributed by atoms with Gasteiger partial charge in [0, 0.05) is 12.6 Å². The van der Waals surface area contributed by atoms with Crippen LogP contribution in [0.15, 0.2) is 18.2 Å². The Morgan fingerprint density at radius 1 is 1.21 bits per heavy atom. The van der Waals surface area contributed by atoms with E-state index in [1.807, 2.05) is 13.8 Å². The van der Waals surface area contributed by atoms with E-state index >= 15 is 0 Å². The molecule has 1 aromatic carbocycles. The first-order chi connectivity index (χ1) is 14.0. The molecule has 6 nitrogen and oxygen atoms in total. The van der Waals surface area contributed by atoms with Gasteiger partial charge in [-0.2, -0.15) is 0 Å². The van der Waals surface area contributed by atoms with E-state index in [1.54, 1.807) is 25.3 Å². The largest absolute Gasteiger partial charge is 0.493 e. The number of carbonyl (C=O) groups is 2. The molecule has 0 unspecified atom stereocenters. The first-order valence-corrected chi connectivity index (χ1v) is 10.6. The summed E-state index contributed by atoms with van der Waals surface area (Å²) in [4.78, 5) is 25.2. The zero-order chi connectivity index (χ0) is 21.3. The van der Waals surface area contributed by atoms with Crippen LogP contribution in [-0.2, 0) is 9.59 Å². The summed E-state index contributed by atoms with van der Waals surface area (Å²) < 4.78 is 11.0. The Kier molecular flexibility index (Phi) is 8.83. The fourth-order valence-electron chi connectivity index (χ4n) is 3.52. The number of hydrogen-bond donors (Lipinski definition) is 2. The van der Waals surface area contributed by atoms with E-state index in [4.69, 9.17) is 21.1 Å². The Morgan fingerprint density at radius 3 is 2.55 bits per heavy atom. The normalized spacial score (nSPS) is 15.7. The number of methoxy groups -OCH3 is 1. The second-order valence-electron chi connectivity index (χ2n) is 7.21. The molecule has 0 atom stereocenters. The van der Waals surface area contributed by atoms with Crippen LogP contribution in [0.1, 0.15) is 57.9 Å². The molecule has 1 saturated carbocycles. The summed E-state index contributed by atoms with van der Waals surface area (Å²) in [5.74, 6) is 0.593. The van der Waals surface area contributed by atoms with Crippen LogP contribution in [-0.4, -0.2) is 37.6 Å². The third kappa shape index (κ3) is 6.13. The molecule has 0 bridgehead atoms. The number of ether oxygens (including phenoxy) is 2. The SMILES string of the molecule is CCCOc1c(Cl)cc(C=CC(=O)NC2(C(=O)NCC)CCCCC2)cc1OC. The monoisotopic (exact) mass is 422 g/mol. The number of nitrogens with one attached hydrogen (secondary N) is 2. The Hall–Kier alpha value is -2.21. The highest BCUT2D eigenvalue weighted by atomic mass is 35.5. The molecule has 2 rings (SSSR count). The van der Waals surface area contributed by atoms with Gasteiger partial charge in [-0.25, -0.2) is 0 Å². The van der Waals surface area contributed by atoms with Crippen molar-refractivity contribution in [1.29, 1.82) is 0 Å². The summed E-state index contributed by atoms with van der Waals surface area (Å²) in [6.07, 6.45) is 8.17. The molecule has 0 radical (unpaired) electrons. The second-order valence-corrected chi connectivity index (χ2v) is 7.61. The van der Waals surface area contributed by atoms with E-state index in [0.29, 0.717) is 48.1 Å². The fourth-order valence-corrected chi connectivity index (χ4v) is 3.80. The van der Waals surface area contributed by atoms with Gasteiger partial charge in [0.25, 0.3) is 0 Å². The van der Waals surface area contributed by atoms with Crippen molar-refractivity contribution < 1.29 is 19.1 Å². The van der Waals surface area contributed by atoms with Crippen molar-refractivity contribution in [2.24, 2.45) is 0 Å².